The van der Waals surface area contributed by atoms with Gasteiger partial charge in [0.15, 0.2) is 0 Å². The maximum atomic E-state index is 13.1. The summed E-state index contributed by atoms with van der Waals surface area (Å²) in [6.07, 6.45) is 0. The maximum Gasteiger partial charge on any atom is 0.255 e. The van der Waals surface area contributed by atoms with E-state index in [1.807, 2.05) is 54.6 Å². The Morgan fingerprint density at radius 1 is 0.571 bits per heavy atom. The van der Waals surface area contributed by atoms with Crippen LogP contribution in [0, 0.1) is 0 Å². The predicted octanol–water partition coefficient (Wildman–Crippen LogP) is 9.84. The highest BCUT2D eigenvalue weighted by Crippen LogP contribution is 2.62. The summed E-state index contributed by atoms with van der Waals surface area (Å²) in [5.41, 5.74) is 10.0. The van der Waals surface area contributed by atoms with Crippen LogP contribution in [-0.2, 0) is 5.41 Å². The van der Waals surface area contributed by atoms with Gasteiger partial charge in [0.1, 0.15) is 11.5 Å². The number of nitrogens with one attached hydrogen (secondary N) is 1. The van der Waals surface area contributed by atoms with Crippen molar-refractivity contribution in [3.8, 4) is 33.8 Å². The van der Waals surface area contributed by atoms with Crippen LogP contribution in [0.4, 0.5) is 5.69 Å². The van der Waals surface area contributed by atoms with Crippen molar-refractivity contribution < 1.29 is 9.53 Å². The summed E-state index contributed by atoms with van der Waals surface area (Å²) in [5.74, 6) is 1.51. The van der Waals surface area contributed by atoms with Crippen molar-refractivity contribution >= 4 is 27.5 Å². The van der Waals surface area contributed by atoms with E-state index in [0.717, 1.165) is 43.9 Å². The number of carbonyl (C=O) groups is 1. The van der Waals surface area contributed by atoms with Crippen molar-refractivity contribution in [3.63, 3.8) is 0 Å². The number of fused-ring (bicyclic) bond motifs is 9. The zero-order chi connectivity index (χ0) is 28.3. The Morgan fingerprint density at radius 2 is 1.14 bits per heavy atom. The molecule has 0 radical (unpaired) electrons. The van der Waals surface area contributed by atoms with E-state index in [-0.39, 0.29) is 5.91 Å². The van der Waals surface area contributed by atoms with Crippen LogP contribution < -0.4 is 10.1 Å². The Morgan fingerprint density at radius 3 is 1.86 bits per heavy atom. The number of rotatable bonds is 3. The van der Waals surface area contributed by atoms with Crippen LogP contribution in [0.25, 0.3) is 22.3 Å². The van der Waals surface area contributed by atoms with Gasteiger partial charge < -0.3 is 10.1 Å². The molecule has 1 aliphatic carbocycles. The van der Waals surface area contributed by atoms with Crippen LogP contribution in [0.3, 0.4) is 0 Å². The molecule has 2 aliphatic rings. The van der Waals surface area contributed by atoms with E-state index < -0.39 is 5.41 Å². The molecule has 0 saturated carbocycles. The lowest BCUT2D eigenvalue weighted by molar-refractivity contribution is 0.102. The van der Waals surface area contributed by atoms with Gasteiger partial charge in [-0.15, -0.1) is 0 Å². The smallest absolute Gasteiger partial charge is 0.255 e. The van der Waals surface area contributed by atoms with Crippen LogP contribution in [0.15, 0.2) is 144 Å². The first-order valence-corrected chi connectivity index (χ1v) is 14.7. The predicted molar refractivity (Wildman–Crippen MR) is 171 cm³/mol. The highest BCUT2D eigenvalue weighted by molar-refractivity contribution is 9.10. The highest BCUT2D eigenvalue weighted by Gasteiger charge is 2.50. The van der Waals surface area contributed by atoms with E-state index >= 15 is 0 Å². The third-order valence-electron chi connectivity index (χ3n) is 8.44. The zero-order valence-corrected chi connectivity index (χ0v) is 24.1. The summed E-state index contributed by atoms with van der Waals surface area (Å²) in [6.45, 7) is 0. The average Bonchev–Trinajstić information content (AvgIpc) is 3.32. The van der Waals surface area contributed by atoms with Gasteiger partial charge in [0.2, 0.25) is 0 Å². The van der Waals surface area contributed by atoms with Crippen LogP contribution >= 0.6 is 15.9 Å². The summed E-state index contributed by atoms with van der Waals surface area (Å²) >= 11 is 3.44. The molecule has 1 N–H and O–H groups in total. The first-order valence-electron chi connectivity index (χ1n) is 13.9. The fraction of sp³-hybridized carbons (Fsp3) is 0.0263. The molecule has 1 amide bonds. The molecule has 6 aromatic rings. The largest absolute Gasteiger partial charge is 0.457 e. The van der Waals surface area contributed by atoms with Crippen LogP contribution in [0.2, 0.25) is 0 Å². The minimum absolute atomic E-state index is 0.156. The monoisotopic (exact) mass is 605 g/mol. The highest BCUT2D eigenvalue weighted by atomic mass is 79.9. The zero-order valence-electron chi connectivity index (χ0n) is 22.5. The number of ether oxygens (including phenoxy) is 1. The summed E-state index contributed by atoms with van der Waals surface area (Å²) in [5, 5.41) is 3.12. The number of benzene rings is 6. The molecule has 8 rings (SSSR count). The van der Waals surface area contributed by atoms with Gasteiger partial charge in [-0.05, 0) is 70.3 Å². The van der Waals surface area contributed by atoms with Gasteiger partial charge in [0.25, 0.3) is 5.91 Å². The molecule has 200 valence electrons. The molecule has 1 aliphatic heterocycles. The second-order valence-electron chi connectivity index (χ2n) is 10.7. The third kappa shape index (κ3) is 3.62. The van der Waals surface area contributed by atoms with Crippen molar-refractivity contribution in [1.29, 1.82) is 0 Å². The summed E-state index contributed by atoms with van der Waals surface area (Å²) in [7, 11) is 0. The Labute approximate surface area is 252 Å². The Hall–Kier alpha value is -4.93. The van der Waals surface area contributed by atoms with Crippen molar-refractivity contribution in [3.05, 3.63) is 172 Å². The SMILES string of the molecule is O=C(Nc1ccccc1-c1ccc2c(c1)Oc1ccccc1C21c2ccccc2-c2ccccc21)c1ccc(Br)cc1. The lowest BCUT2D eigenvalue weighted by atomic mass is 9.66. The van der Waals surface area contributed by atoms with Crippen LogP contribution in [0.5, 0.6) is 11.5 Å². The minimum atomic E-state index is -0.495. The molecule has 0 bridgehead atoms. The summed E-state index contributed by atoms with van der Waals surface area (Å²) < 4.78 is 7.60. The number of carbonyl (C=O) groups excluding carboxylic acids is 1. The number of anilines is 1. The van der Waals surface area contributed by atoms with Crippen molar-refractivity contribution in [2.75, 3.05) is 5.32 Å². The lowest BCUT2D eigenvalue weighted by Crippen LogP contribution is -2.32. The van der Waals surface area contributed by atoms with Crippen LogP contribution in [0.1, 0.15) is 32.6 Å². The molecular formula is C38H24BrNO2. The van der Waals surface area contributed by atoms with Crippen LogP contribution in [-0.4, -0.2) is 5.91 Å². The molecular weight excluding hydrogens is 582 g/mol. The normalized spacial score (nSPS) is 13.4. The summed E-state index contributed by atoms with van der Waals surface area (Å²) in [4.78, 5) is 13.1. The molecule has 6 aromatic carbocycles. The Kier molecular flexibility index (Phi) is 5.66. The van der Waals surface area contributed by atoms with E-state index in [9.17, 15) is 4.79 Å². The molecule has 0 fully saturated rings. The number of amides is 1. The fourth-order valence-corrected chi connectivity index (χ4v) is 6.93. The van der Waals surface area contributed by atoms with E-state index in [1.165, 1.54) is 22.3 Å². The van der Waals surface area contributed by atoms with Gasteiger partial charge in [-0.1, -0.05) is 113 Å². The molecule has 1 spiro atoms. The molecule has 0 saturated heterocycles. The van der Waals surface area contributed by atoms with Crippen molar-refractivity contribution in [2.24, 2.45) is 0 Å². The van der Waals surface area contributed by atoms with Gasteiger partial charge in [0, 0.05) is 32.4 Å². The van der Waals surface area contributed by atoms with E-state index in [4.69, 9.17) is 4.74 Å². The third-order valence-corrected chi connectivity index (χ3v) is 8.97. The minimum Gasteiger partial charge on any atom is -0.457 e. The molecule has 0 aromatic heterocycles. The molecule has 42 heavy (non-hydrogen) atoms. The van der Waals surface area contributed by atoms with Crippen molar-refractivity contribution in [2.45, 2.75) is 5.41 Å². The maximum absolute atomic E-state index is 13.1. The first-order chi connectivity index (χ1) is 20.6. The van der Waals surface area contributed by atoms with Gasteiger partial charge in [-0.3, -0.25) is 4.79 Å². The number of hydrogen-bond donors (Lipinski definition) is 1. The molecule has 3 nitrogen and oxygen atoms in total. The standard InChI is InChI=1S/C38H24BrNO2/c39-26-20-17-24(18-21-26)37(41)40-34-15-7-3-9-27(34)25-19-22-33-36(23-25)42-35-16-8-6-14-32(35)38(33)30-12-4-1-10-28(30)29-11-2-5-13-31(29)38/h1-23H,(H,40,41). The second kappa shape index (κ2) is 9.57. The number of para-hydroxylation sites is 2. The summed E-state index contributed by atoms with van der Waals surface area (Å²) in [6, 6.07) is 47.5. The Bertz CT molecular complexity index is 1980. The van der Waals surface area contributed by atoms with E-state index in [1.54, 1.807) is 0 Å². The lowest BCUT2D eigenvalue weighted by Gasteiger charge is -2.39. The second-order valence-corrected chi connectivity index (χ2v) is 11.6. The average molecular weight is 607 g/mol. The van der Waals surface area contributed by atoms with Crippen molar-refractivity contribution in [1.82, 2.24) is 0 Å². The number of halogens is 1. The first kappa shape index (κ1) is 24.8. The van der Waals surface area contributed by atoms with Gasteiger partial charge in [-0.2, -0.15) is 0 Å². The topological polar surface area (TPSA) is 38.3 Å². The fourth-order valence-electron chi connectivity index (χ4n) is 6.67. The number of hydrogen-bond acceptors (Lipinski definition) is 2. The van der Waals surface area contributed by atoms with Gasteiger partial charge in [0.05, 0.1) is 5.41 Å². The molecule has 0 unspecified atom stereocenters. The van der Waals surface area contributed by atoms with E-state index in [2.05, 4.69) is 106 Å². The quantitative estimate of drug-likeness (QED) is 0.217. The van der Waals surface area contributed by atoms with E-state index in [0.29, 0.717) is 5.56 Å². The van der Waals surface area contributed by atoms with Gasteiger partial charge >= 0.3 is 0 Å². The van der Waals surface area contributed by atoms with Gasteiger partial charge in [-0.25, -0.2) is 0 Å². The molecule has 1 heterocycles. The Balaban J connectivity index is 1.29. The molecule has 0 atom stereocenters. The molecule has 4 heteroatoms.